The number of hydrogen-bond acceptors (Lipinski definition) is 4. The van der Waals surface area contributed by atoms with Gasteiger partial charge in [0.15, 0.2) is 0 Å². The molecule has 1 aromatic carbocycles. The molecular weight excluding hydrogens is 332 g/mol. The standard InChI is InChI=1S/C15H15BrN4O/c1-3-6-17-15(21)13-8-19-14(9-18-13)20-11-5-4-10(2)12(16)7-11/h3-5,7-9H,1,6H2,2H3,(H,17,21)(H,19,20). The molecule has 1 heterocycles. The molecule has 0 atom stereocenters. The molecule has 0 aliphatic heterocycles. The molecular formula is C15H15BrN4O. The Bertz CT molecular complexity index is 655. The lowest BCUT2D eigenvalue weighted by Gasteiger charge is -2.07. The van der Waals surface area contributed by atoms with Crippen LogP contribution in [-0.4, -0.2) is 22.4 Å². The molecule has 6 heteroatoms. The van der Waals surface area contributed by atoms with Crippen LogP contribution in [0.1, 0.15) is 16.1 Å². The summed E-state index contributed by atoms with van der Waals surface area (Å²) in [6.07, 6.45) is 4.57. The molecule has 108 valence electrons. The van der Waals surface area contributed by atoms with E-state index in [1.54, 1.807) is 6.08 Å². The maximum atomic E-state index is 11.7. The van der Waals surface area contributed by atoms with Gasteiger partial charge in [0.25, 0.3) is 5.91 Å². The summed E-state index contributed by atoms with van der Waals surface area (Å²) in [5.41, 5.74) is 2.32. The Morgan fingerprint density at radius 1 is 1.38 bits per heavy atom. The second kappa shape index (κ2) is 6.99. The Balaban J connectivity index is 2.06. The number of nitrogens with zero attached hydrogens (tertiary/aromatic N) is 2. The number of anilines is 2. The van der Waals surface area contributed by atoms with Crippen LogP contribution < -0.4 is 10.6 Å². The monoisotopic (exact) mass is 346 g/mol. The van der Waals surface area contributed by atoms with Gasteiger partial charge in [-0.2, -0.15) is 0 Å². The van der Waals surface area contributed by atoms with Crippen molar-refractivity contribution in [3.05, 3.63) is 59.0 Å². The molecule has 2 rings (SSSR count). The van der Waals surface area contributed by atoms with E-state index in [2.05, 4.69) is 43.1 Å². The minimum absolute atomic E-state index is 0.271. The van der Waals surface area contributed by atoms with Gasteiger partial charge in [-0.3, -0.25) is 4.79 Å². The van der Waals surface area contributed by atoms with Gasteiger partial charge < -0.3 is 10.6 Å². The topological polar surface area (TPSA) is 66.9 Å². The van der Waals surface area contributed by atoms with Gasteiger partial charge in [-0.1, -0.05) is 28.1 Å². The van der Waals surface area contributed by atoms with Crippen LogP contribution in [0.25, 0.3) is 0 Å². The molecule has 0 aliphatic rings. The number of carbonyl (C=O) groups is 1. The predicted octanol–water partition coefficient (Wildman–Crippen LogP) is 3.21. The van der Waals surface area contributed by atoms with Gasteiger partial charge in [-0.25, -0.2) is 9.97 Å². The first-order valence-electron chi connectivity index (χ1n) is 6.34. The number of hydrogen-bond donors (Lipinski definition) is 2. The smallest absolute Gasteiger partial charge is 0.271 e. The number of rotatable bonds is 5. The van der Waals surface area contributed by atoms with Crippen molar-refractivity contribution >= 4 is 33.3 Å². The summed E-state index contributed by atoms with van der Waals surface area (Å²) in [4.78, 5) is 19.9. The highest BCUT2D eigenvalue weighted by atomic mass is 79.9. The minimum Gasteiger partial charge on any atom is -0.347 e. The first-order valence-corrected chi connectivity index (χ1v) is 7.14. The van der Waals surface area contributed by atoms with Crippen molar-refractivity contribution in [1.29, 1.82) is 0 Å². The zero-order chi connectivity index (χ0) is 15.2. The van der Waals surface area contributed by atoms with E-state index in [0.717, 1.165) is 15.7 Å². The zero-order valence-electron chi connectivity index (χ0n) is 11.6. The van der Waals surface area contributed by atoms with E-state index in [0.29, 0.717) is 12.4 Å². The summed E-state index contributed by atoms with van der Waals surface area (Å²) < 4.78 is 1.01. The molecule has 2 aromatic rings. The van der Waals surface area contributed by atoms with E-state index in [1.807, 2.05) is 25.1 Å². The molecule has 0 unspecified atom stereocenters. The van der Waals surface area contributed by atoms with Crippen molar-refractivity contribution in [3.63, 3.8) is 0 Å². The fourth-order valence-corrected chi connectivity index (χ4v) is 1.96. The Morgan fingerprint density at radius 2 is 2.19 bits per heavy atom. The first kappa shape index (κ1) is 15.2. The Labute approximate surface area is 131 Å². The summed E-state index contributed by atoms with van der Waals surface area (Å²) in [6, 6.07) is 5.91. The van der Waals surface area contributed by atoms with Gasteiger partial charge in [0, 0.05) is 16.7 Å². The summed E-state index contributed by atoms with van der Waals surface area (Å²) >= 11 is 3.48. The van der Waals surface area contributed by atoms with Crippen LogP contribution in [0.3, 0.4) is 0 Å². The van der Waals surface area contributed by atoms with Crippen LogP contribution in [0.15, 0.2) is 47.7 Å². The van der Waals surface area contributed by atoms with Crippen molar-refractivity contribution in [2.24, 2.45) is 0 Å². The third-order valence-electron chi connectivity index (χ3n) is 2.74. The first-order chi connectivity index (χ1) is 10.1. The van der Waals surface area contributed by atoms with Crippen molar-refractivity contribution in [3.8, 4) is 0 Å². The maximum Gasteiger partial charge on any atom is 0.271 e. The lowest BCUT2D eigenvalue weighted by molar-refractivity contribution is 0.0952. The van der Waals surface area contributed by atoms with E-state index in [4.69, 9.17) is 0 Å². The van der Waals surface area contributed by atoms with Crippen LogP contribution in [0, 0.1) is 6.92 Å². The number of halogens is 1. The third-order valence-corrected chi connectivity index (χ3v) is 3.59. The van der Waals surface area contributed by atoms with Crippen molar-refractivity contribution in [2.45, 2.75) is 6.92 Å². The molecule has 0 saturated carbocycles. The summed E-state index contributed by atoms with van der Waals surface area (Å²) in [7, 11) is 0. The van der Waals surface area contributed by atoms with E-state index in [-0.39, 0.29) is 11.6 Å². The molecule has 1 aromatic heterocycles. The number of aryl methyl sites for hydroxylation is 1. The lowest BCUT2D eigenvalue weighted by Crippen LogP contribution is -2.24. The van der Waals surface area contributed by atoms with E-state index >= 15 is 0 Å². The Kier molecular flexibility index (Phi) is 5.05. The number of nitrogens with one attached hydrogen (secondary N) is 2. The van der Waals surface area contributed by atoms with Crippen molar-refractivity contribution < 1.29 is 4.79 Å². The second-order valence-electron chi connectivity index (χ2n) is 4.37. The number of carbonyl (C=O) groups excluding carboxylic acids is 1. The normalized spacial score (nSPS) is 10.0. The molecule has 0 bridgehead atoms. The van der Waals surface area contributed by atoms with Crippen LogP contribution in [0.4, 0.5) is 11.5 Å². The van der Waals surface area contributed by atoms with Crippen LogP contribution >= 0.6 is 15.9 Å². The SMILES string of the molecule is C=CCNC(=O)c1cnc(Nc2ccc(C)c(Br)c2)cn1. The van der Waals surface area contributed by atoms with Gasteiger partial charge >= 0.3 is 0 Å². The molecule has 0 radical (unpaired) electrons. The van der Waals surface area contributed by atoms with E-state index in [9.17, 15) is 4.79 Å². The van der Waals surface area contributed by atoms with Gasteiger partial charge in [0.1, 0.15) is 11.5 Å². The molecule has 1 amide bonds. The van der Waals surface area contributed by atoms with Gasteiger partial charge in [0.05, 0.1) is 12.4 Å². The minimum atomic E-state index is -0.271. The maximum absolute atomic E-state index is 11.7. The largest absolute Gasteiger partial charge is 0.347 e. The van der Waals surface area contributed by atoms with Crippen molar-refractivity contribution in [2.75, 3.05) is 11.9 Å². The third kappa shape index (κ3) is 4.13. The average Bonchev–Trinajstić information content (AvgIpc) is 2.49. The molecule has 21 heavy (non-hydrogen) atoms. The molecule has 5 nitrogen and oxygen atoms in total. The molecule has 0 fully saturated rings. The predicted molar refractivity (Wildman–Crippen MR) is 86.7 cm³/mol. The molecule has 0 aliphatic carbocycles. The average molecular weight is 347 g/mol. The van der Waals surface area contributed by atoms with Gasteiger partial charge in [0.2, 0.25) is 0 Å². The molecule has 0 saturated heterocycles. The van der Waals surface area contributed by atoms with Gasteiger partial charge in [-0.15, -0.1) is 6.58 Å². The van der Waals surface area contributed by atoms with Crippen LogP contribution in [0.2, 0.25) is 0 Å². The lowest BCUT2D eigenvalue weighted by atomic mass is 10.2. The summed E-state index contributed by atoms with van der Waals surface area (Å²) in [5.74, 6) is 0.304. The fraction of sp³-hybridized carbons (Fsp3) is 0.133. The van der Waals surface area contributed by atoms with Crippen molar-refractivity contribution in [1.82, 2.24) is 15.3 Å². The highest BCUT2D eigenvalue weighted by Gasteiger charge is 2.07. The highest BCUT2D eigenvalue weighted by Crippen LogP contribution is 2.22. The summed E-state index contributed by atoms with van der Waals surface area (Å²) in [5, 5.41) is 5.78. The van der Waals surface area contributed by atoms with E-state index in [1.165, 1.54) is 12.4 Å². The number of benzene rings is 1. The molecule has 0 spiro atoms. The Morgan fingerprint density at radius 3 is 2.81 bits per heavy atom. The Hall–Kier alpha value is -2.21. The van der Waals surface area contributed by atoms with E-state index < -0.39 is 0 Å². The second-order valence-corrected chi connectivity index (χ2v) is 5.23. The number of amides is 1. The molecule has 2 N–H and O–H groups in total. The fourth-order valence-electron chi connectivity index (χ4n) is 1.58. The summed E-state index contributed by atoms with van der Waals surface area (Å²) in [6.45, 7) is 5.95. The van der Waals surface area contributed by atoms with Crippen LogP contribution in [-0.2, 0) is 0 Å². The van der Waals surface area contributed by atoms with Crippen LogP contribution in [0.5, 0.6) is 0 Å². The quantitative estimate of drug-likeness (QED) is 0.815. The zero-order valence-corrected chi connectivity index (χ0v) is 13.1. The number of aromatic nitrogens is 2. The highest BCUT2D eigenvalue weighted by molar-refractivity contribution is 9.10. The van der Waals surface area contributed by atoms with Gasteiger partial charge in [-0.05, 0) is 24.6 Å².